The van der Waals surface area contributed by atoms with Crippen molar-refractivity contribution in [3.63, 3.8) is 0 Å². The Morgan fingerprint density at radius 1 is 1.61 bits per heavy atom. The fourth-order valence-corrected chi connectivity index (χ4v) is 1.57. The molecule has 0 saturated heterocycles. The van der Waals surface area contributed by atoms with Crippen LogP contribution in [0.4, 0.5) is 11.4 Å². The number of anilines is 1. The molecule has 1 aromatic carbocycles. The number of methoxy groups -OCH3 is 1. The first-order valence-electron chi connectivity index (χ1n) is 5.27. The lowest BCUT2D eigenvalue weighted by Crippen LogP contribution is -2.29. The van der Waals surface area contributed by atoms with Gasteiger partial charge in [0.1, 0.15) is 6.04 Å². The van der Waals surface area contributed by atoms with Crippen LogP contribution in [0.3, 0.4) is 0 Å². The van der Waals surface area contributed by atoms with Crippen molar-refractivity contribution in [1.82, 2.24) is 0 Å². The normalized spacial score (nSPS) is 11.7. The van der Waals surface area contributed by atoms with Crippen molar-refractivity contribution in [2.75, 3.05) is 12.4 Å². The Bertz CT molecular complexity index is 464. The van der Waals surface area contributed by atoms with Gasteiger partial charge in [0.25, 0.3) is 5.69 Å². The molecule has 0 spiro atoms. The molecule has 0 saturated carbocycles. The van der Waals surface area contributed by atoms with Gasteiger partial charge in [0.15, 0.2) is 0 Å². The molecule has 1 atom stereocenters. The standard InChI is InChI=1S/C11H13ClN2O4/c1-3-9(11(15)18-2)13-10-6-7(14(16)17)4-5-8(10)12/h4-6,9,13H,3H2,1-2H3. The molecule has 0 aromatic heterocycles. The summed E-state index contributed by atoms with van der Waals surface area (Å²) in [6.45, 7) is 1.79. The number of non-ortho nitro benzene ring substituents is 1. The maximum atomic E-state index is 11.4. The van der Waals surface area contributed by atoms with E-state index in [0.29, 0.717) is 17.1 Å². The third-order valence-electron chi connectivity index (χ3n) is 2.38. The molecule has 0 heterocycles. The van der Waals surface area contributed by atoms with E-state index in [4.69, 9.17) is 11.6 Å². The second-order valence-electron chi connectivity index (χ2n) is 3.55. The number of carbonyl (C=O) groups excluding carboxylic acids is 1. The maximum absolute atomic E-state index is 11.4. The van der Waals surface area contributed by atoms with Crippen molar-refractivity contribution >= 4 is 28.9 Å². The number of halogens is 1. The Hall–Kier alpha value is -1.82. The third kappa shape index (κ3) is 3.33. The van der Waals surface area contributed by atoms with Gasteiger partial charge in [-0.1, -0.05) is 18.5 Å². The zero-order chi connectivity index (χ0) is 13.7. The van der Waals surface area contributed by atoms with Gasteiger partial charge in [0, 0.05) is 12.1 Å². The van der Waals surface area contributed by atoms with Crippen LogP contribution in [0.5, 0.6) is 0 Å². The second kappa shape index (κ2) is 6.20. The maximum Gasteiger partial charge on any atom is 0.328 e. The van der Waals surface area contributed by atoms with Crippen LogP contribution in [-0.4, -0.2) is 24.0 Å². The zero-order valence-electron chi connectivity index (χ0n) is 9.97. The summed E-state index contributed by atoms with van der Waals surface area (Å²) in [6.07, 6.45) is 0.478. The lowest BCUT2D eigenvalue weighted by Gasteiger charge is -2.16. The Morgan fingerprint density at radius 2 is 2.28 bits per heavy atom. The third-order valence-corrected chi connectivity index (χ3v) is 2.71. The number of ether oxygens (including phenoxy) is 1. The SMILES string of the molecule is CCC(Nc1cc([N+](=O)[O-])ccc1Cl)C(=O)OC. The van der Waals surface area contributed by atoms with Crippen molar-refractivity contribution in [3.05, 3.63) is 33.3 Å². The summed E-state index contributed by atoms with van der Waals surface area (Å²) in [5.74, 6) is -0.444. The van der Waals surface area contributed by atoms with E-state index in [2.05, 4.69) is 10.1 Å². The molecule has 7 heteroatoms. The Kier molecular flexibility index (Phi) is 4.91. The Balaban J connectivity index is 2.98. The van der Waals surface area contributed by atoms with Gasteiger partial charge in [0.05, 0.1) is 22.7 Å². The van der Waals surface area contributed by atoms with Crippen LogP contribution in [-0.2, 0) is 9.53 Å². The van der Waals surface area contributed by atoms with Crippen molar-refractivity contribution in [3.8, 4) is 0 Å². The van der Waals surface area contributed by atoms with Gasteiger partial charge in [-0.3, -0.25) is 10.1 Å². The molecule has 0 aliphatic heterocycles. The molecule has 0 fully saturated rings. The quantitative estimate of drug-likeness (QED) is 0.506. The number of nitro groups is 1. The summed E-state index contributed by atoms with van der Waals surface area (Å²) in [5, 5.41) is 13.8. The van der Waals surface area contributed by atoms with E-state index >= 15 is 0 Å². The summed E-state index contributed by atoms with van der Waals surface area (Å²) in [5.41, 5.74) is 0.240. The van der Waals surface area contributed by atoms with Crippen molar-refractivity contribution in [1.29, 1.82) is 0 Å². The highest BCUT2D eigenvalue weighted by molar-refractivity contribution is 6.33. The minimum absolute atomic E-state index is 0.0957. The largest absolute Gasteiger partial charge is 0.467 e. The first kappa shape index (κ1) is 14.2. The molecule has 0 amide bonds. The van der Waals surface area contributed by atoms with Gasteiger partial charge in [-0.25, -0.2) is 4.79 Å². The highest BCUT2D eigenvalue weighted by Crippen LogP contribution is 2.27. The van der Waals surface area contributed by atoms with E-state index in [1.807, 2.05) is 0 Å². The molecule has 1 unspecified atom stereocenters. The van der Waals surface area contributed by atoms with E-state index in [9.17, 15) is 14.9 Å². The highest BCUT2D eigenvalue weighted by Gasteiger charge is 2.19. The molecule has 6 nitrogen and oxygen atoms in total. The number of hydrogen-bond donors (Lipinski definition) is 1. The lowest BCUT2D eigenvalue weighted by atomic mass is 10.2. The molecule has 0 aliphatic carbocycles. The highest BCUT2D eigenvalue weighted by atomic mass is 35.5. The van der Waals surface area contributed by atoms with Gasteiger partial charge < -0.3 is 10.1 Å². The van der Waals surface area contributed by atoms with Crippen LogP contribution in [0.25, 0.3) is 0 Å². The first-order chi connectivity index (χ1) is 8.49. The molecule has 0 radical (unpaired) electrons. The Labute approximate surface area is 109 Å². The molecule has 98 valence electrons. The molecule has 1 aromatic rings. The van der Waals surface area contributed by atoms with Crippen molar-refractivity contribution in [2.45, 2.75) is 19.4 Å². The van der Waals surface area contributed by atoms with E-state index in [1.165, 1.54) is 25.3 Å². The second-order valence-corrected chi connectivity index (χ2v) is 3.96. The fraction of sp³-hybridized carbons (Fsp3) is 0.364. The van der Waals surface area contributed by atoms with Gasteiger partial charge in [0.2, 0.25) is 0 Å². The monoisotopic (exact) mass is 272 g/mol. The van der Waals surface area contributed by atoms with Gasteiger partial charge in [-0.2, -0.15) is 0 Å². The summed E-state index contributed by atoms with van der Waals surface area (Å²) >= 11 is 5.91. The molecule has 1 N–H and O–H groups in total. The van der Waals surface area contributed by atoms with Crippen LogP contribution in [0.2, 0.25) is 5.02 Å². The average molecular weight is 273 g/mol. The van der Waals surface area contributed by atoms with Crippen LogP contribution >= 0.6 is 11.6 Å². The van der Waals surface area contributed by atoms with Gasteiger partial charge >= 0.3 is 5.97 Å². The summed E-state index contributed by atoms with van der Waals surface area (Å²) in [4.78, 5) is 21.5. The molecule has 0 aliphatic rings. The smallest absolute Gasteiger partial charge is 0.328 e. The number of rotatable bonds is 5. The van der Waals surface area contributed by atoms with E-state index in [-0.39, 0.29) is 5.69 Å². The summed E-state index contributed by atoms with van der Waals surface area (Å²) < 4.78 is 4.61. The fourth-order valence-electron chi connectivity index (χ4n) is 1.40. The number of esters is 1. The predicted octanol–water partition coefficient (Wildman–Crippen LogP) is 2.61. The van der Waals surface area contributed by atoms with Gasteiger partial charge in [-0.15, -0.1) is 0 Å². The lowest BCUT2D eigenvalue weighted by molar-refractivity contribution is -0.384. The van der Waals surface area contributed by atoms with Crippen LogP contribution in [0.1, 0.15) is 13.3 Å². The minimum Gasteiger partial charge on any atom is -0.467 e. The number of nitrogens with one attached hydrogen (secondary N) is 1. The number of carbonyl (C=O) groups is 1. The van der Waals surface area contributed by atoms with Crippen molar-refractivity contribution < 1.29 is 14.5 Å². The first-order valence-corrected chi connectivity index (χ1v) is 5.65. The predicted molar refractivity (Wildman–Crippen MR) is 67.8 cm³/mol. The summed E-state index contributed by atoms with van der Waals surface area (Å²) in [6, 6.07) is 3.40. The van der Waals surface area contributed by atoms with Crippen molar-refractivity contribution in [2.24, 2.45) is 0 Å². The number of benzene rings is 1. The number of hydrogen-bond acceptors (Lipinski definition) is 5. The van der Waals surface area contributed by atoms with E-state index < -0.39 is 16.9 Å². The molecule has 0 bridgehead atoms. The molecular weight excluding hydrogens is 260 g/mol. The Morgan fingerprint density at radius 3 is 2.78 bits per heavy atom. The topological polar surface area (TPSA) is 81.5 Å². The molecule has 18 heavy (non-hydrogen) atoms. The van der Waals surface area contributed by atoms with Crippen LogP contribution in [0.15, 0.2) is 18.2 Å². The average Bonchev–Trinajstić information content (AvgIpc) is 2.36. The van der Waals surface area contributed by atoms with Crippen LogP contribution < -0.4 is 5.32 Å². The zero-order valence-corrected chi connectivity index (χ0v) is 10.7. The van der Waals surface area contributed by atoms with E-state index in [1.54, 1.807) is 6.92 Å². The minimum atomic E-state index is -0.588. The van der Waals surface area contributed by atoms with Gasteiger partial charge in [-0.05, 0) is 12.5 Å². The van der Waals surface area contributed by atoms with Crippen LogP contribution in [0, 0.1) is 10.1 Å². The molecule has 1 rings (SSSR count). The summed E-state index contributed by atoms with van der Waals surface area (Å²) in [7, 11) is 1.28. The number of nitro benzene ring substituents is 1. The molecular formula is C11H13ClN2O4. The number of nitrogens with zero attached hydrogens (tertiary/aromatic N) is 1. The van der Waals surface area contributed by atoms with E-state index in [0.717, 1.165) is 0 Å².